The third kappa shape index (κ3) is 3.55. The van der Waals surface area contributed by atoms with Gasteiger partial charge in [0.2, 0.25) is 0 Å². The smallest absolute Gasteiger partial charge is 0.315 e. The van der Waals surface area contributed by atoms with E-state index < -0.39 is 0 Å². The Morgan fingerprint density at radius 2 is 1.76 bits per heavy atom. The van der Waals surface area contributed by atoms with Gasteiger partial charge in [-0.1, -0.05) is 22.0 Å². The quantitative estimate of drug-likeness (QED) is 0.630. The van der Waals surface area contributed by atoms with Crippen LogP contribution in [0.2, 0.25) is 0 Å². The van der Waals surface area contributed by atoms with Crippen LogP contribution in [-0.2, 0) is 11.2 Å². The molecule has 0 fully saturated rings. The van der Waals surface area contributed by atoms with Gasteiger partial charge in [0, 0.05) is 4.47 Å². The Kier molecular flexibility index (Phi) is 4.10. The highest BCUT2D eigenvalue weighted by atomic mass is 79.9. The first-order valence-electron chi connectivity index (χ1n) is 6.55. The predicted molar refractivity (Wildman–Crippen MR) is 80.9 cm³/mol. The molecule has 0 N–H and O–H groups in total. The minimum absolute atomic E-state index is 0.187. The molecule has 5 heteroatoms. The van der Waals surface area contributed by atoms with Gasteiger partial charge in [-0.2, -0.15) is 0 Å². The summed E-state index contributed by atoms with van der Waals surface area (Å²) in [6.07, 6.45) is 0.187. The molecule has 4 nitrogen and oxygen atoms in total. The predicted octanol–water partition coefficient (Wildman–Crippen LogP) is 3.37. The van der Waals surface area contributed by atoms with Crippen LogP contribution in [0, 0.1) is 0 Å². The van der Waals surface area contributed by atoms with Crippen LogP contribution in [0.15, 0.2) is 46.9 Å². The molecule has 3 rings (SSSR count). The SMILES string of the molecule is O=C(Cc1ccc2c(c1)OCCO2)Oc1ccc(Br)cc1. The summed E-state index contributed by atoms with van der Waals surface area (Å²) in [5, 5.41) is 0. The molecule has 0 amide bonds. The summed E-state index contributed by atoms with van der Waals surface area (Å²) in [5.41, 5.74) is 0.835. The van der Waals surface area contributed by atoms with Gasteiger partial charge in [0.1, 0.15) is 19.0 Å². The summed E-state index contributed by atoms with van der Waals surface area (Å²) in [4.78, 5) is 11.9. The van der Waals surface area contributed by atoms with Crippen LogP contribution < -0.4 is 14.2 Å². The summed E-state index contributed by atoms with van der Waals surface area (Å²) in [6.45, 7) is 1.08. The van der Waals surface area contributed by atoms with Gasteiger partial charge in [-0.05, 0) is 42.0 Å². The molecule has 1 heterocycles. The standard InChI is InChI=1S/C16H13BrO4/c17-12-2-4-13(5-3-12)21-16(18)10-11-1-6-14-15(9-11)20-8-7-19-14/h1-6,9H,7-8,10H2. The highest BCUT2D eigenvalue weighted by Crippen LogP contribution is 2.31. The Balaban J connectivity index is 1.65. The van der Waals surface area contributed by atoms with Crippen LogP contribution in [0.4, 0.5) is 0 Å². The average molecular weight is 349 g/mol. The van der Waals surface area contributed by atoms with Crippen LogP contribution in [0.3, 0.4) is 0 Å². The minimum atomic E-state index is -0.311. The van der Waals surface area contributed by atoms with E-state index in [0.717, 1.165) is 10.0 Å². The van der Waals surface area contributed by atoms with Crippen LogP contribution in [0.5, 0.6) is 17.2 Å². The Morgan fingerprint density at radius 3 is 2.52 bits per heavy atom. The third-order valence-electron chi connectivity index (χ3n) is 3.00. The number of benzene rings is 2. The maximum absolute atomic E-state index is 11.9. The lowest BCUT2D eigenvalue weighted by Gasteiger charge is -2.18. The van der Waals surface area contributed by atoms with Crippen molar-refractivity contribution in [3.8, 4) is 17.2 Å². The number of halogens is 1. The molecule has 2 aromatic rings. The number of hydrogen-bond donors (Lipinski definition) is 0. The van der Waals surface area contributed by atoms with E-state index in [2.05, 4.69) is 15.9 Å². The second-order valence-corrected chi connectivity index (χ2v) is 5.50. The van der Waals surface area contributed by atoms with Gasteiger partial charge in [-0.25, -0.2) is 0 Å². The number of carbonyl (C=O) groups excluding carboxylic acids is 1. The van der Waals surface area contributed by atoms with E-state index in [1.54, 1.807) is 12.1 Å². The van der Waals surface area contributed by atoms with Crippen molar-refractivity contribution >= 4 is 21.9 Å². The lowest BCUT2D eigenvalue weighted by molar-refractivity contribution is -0.133. The third-order valence-corrected chi connectivity index (χ3v) is 3.53. The molecular formula is C16H13BrO4. The monoisotopic (exact) mass is 348 g/mol. The molecule has 0 aromatic heterocycles. The van der Waals surface area contributed by atoms with Crippen LogP contribution in [-0.4, -0.2) is 19.2 Å². The summed E-state index contributed by atoms with van der Waals surface area (Å²) in [5.74, 6) is 1.61. The summed E-state index contributed by atoms with van der Waals surface area (Å²) in [6, 6.07) is 12.6. The molecule has 2 aromatic carbocycles. The van der Waals surface area contributed by atoms with Gasteiger partial charge in [-0.3, -0.25) is 4.79 Å². The highest BCUT2D eigenvalue weighted by Gasteiger charge is 2.14. The summed E-state index contributed by atoms with van der Waals surface area (Å²) in [7, 11) is 0. The maximum atomic E-state index is 11.9. The van der Waals surface area contributed by atoms with Crippen molar-refractivity contribution in [2.45, 2.75) is 6.42 Å². The topological polar surface area (TPSA) is 44.8 Å². The lowest BCUT2D eigenvalue weighted by atomic mass is 10.1. The molecule has 21 heavy (non-hydrogen) atoms. The number of rotatable bonds is 3. The molecule has 108 valence electrons. The fraction of sp³-hybridized carbons (Fsp3) is 0.188. The van der Waals surface area contributed by atoms with Gasteiger partial charge in [0.05, 0.1) is 6.42 Å². The van der Waals surface area contributed by atoms with Crippen molar-refractivity contribution in [3.63, 3.8) is 0 Å². The molecule has 1 aliphatic heterocycles. The molecule has 0 aliphatic carbocycles. The van der Waals surface area contributed by atoms with Crippen LogP contribution >= 0.6 is 15.9 Å². The minimum Gasteiger partial charge on any atom is -0.486 e. The van der Waals surface area contributed by atoms with E-state index in [4.69, 9.17) is 14.2 Å². The Hall–Kier alpha value is -2.01. The molecule has 0 atom stereocenters. The van der Waals surface area contributed by atoms with Crippen molar-refractivity contribution in [2.24, 2.45) is 0 Å². The van der Waals surface area contributed by atoms with Gasteiger partial charge in [0.25, 0.3) is 0 Å². The maximum Gasteiger partial charge on any atom is 0.315 e. The zero-order valence-electron chi connectivity index (χ0n) is 11.2. The first kappa shape index (κ1) is 13.9. The Bertz CT molecular complexity index is 652. The van der Waals surface area contributed by atoms with E-state index >= 15 is 0 Å². The second-order valence-electron chi connectivity index (χ2n) is 4.58. The van der Waals surface area contributed by atoms with Crippen LogP contribution in [0.25, 0.3) is 0 Å². The lowest BCUT2D eigenvalue weighted by Crippen LogP contribution is -2.16. The second kappa shape index (κ2) is 6.18. The van der Waals surface area contributed by atoms with Crippen molar-refractivity contribution in [3.05, 3.63) is 52.5 Å². The van der Waals surface area contributed by atoms with E-state index in [0.29, 0.717) is 30.5 Å². The van der Waals surface area contributed by atoms with Crippen LogP contribution in [0.1, 0.15) is 5.56 Å². The first-order valence-corrected chi connectivity index (χ1v) is 7.35. The van der Waals surface area contributed by atoms with Gasteiger partial charge in [-0.15, -0.1) is 0 Å². The van der Waals surface area contributed by atoms with E-state index in [1.807, 2.05) is 30.3 Å². The molecule has 1 aliphatic rings. The van der Waals surface area contributed by atoms with Crippen molar-refractivity contribution in [1.82, 2.24) is 0 Å². The highest BCUT2D eigenvalue weighted by molar-refractivity contribution is 9.10. The fourth-order valence-corrected chi connectivity index (χ4v) is 2.30. The number of hydrogen-bond acceptors (Lipinski definition) is 4. The molecule has 0 saturated carbocycles. The van der Waals surface area contributed by atoms with E-state index in [-0.39, 0.29) is 12.4 Å². The van der Waals surface area contributed by atoms with Gasteiger partial charge >= 0.3 is 5.97 Å². The summed E-state index contributed by atoms with van der Waals surface area (Å²) < 4.78 is 17.2. The van der Waals surface area contributed by atoms with Crippen molar-refractivity contribution in [2.75, 3.05) is 13.2 Å². The normalized spacial score (nSPS) is 12.8. The van der Waals surface area contributed by atoms with Crippen molar-refractivity contribution in [1.29, 1.82) is 0 Å². The molecule has 0 radical (unpaired) electrons. The van der Waals surface area contributed by atoms with Gasteiger partial charge in [0.15, 0.2) is 11.5 Å². The molecule has 0 spiro atoms. The first-order chi connectivity index (χ1) is 10.2. The Labute approximate surface area is 130 Å². The zero-order chi connectivity index (χ0) is 14.7. The Morgan fingerprint density at radius 1 is 1.05 bits per heavy atom. The number of esters is 1. The van der Waals surface area contributed by atoms with Gasteiger partial charge < -0.3 is 14.2 Å². The molecule has 0 saturated heterocycles. The number of ether oxygens (including phenoxy) is 3. The largest absolute Gasteiger partial charge is 0.486 e. The van der Waals surface area contributed by atoms with E-state index in [1.165, 1.54) is 0 Å². The van der Waals surface area contributed by atoms with Crippen molar-refractivity contribution < 1.29 is 19.0 Å². The summed E-state index contributed by atoms with van der Waals surface area (Å²) >= 11 is 3.33. The zero-order valence-corrected chi connectivity index (χ0v) is 12.8. The number of carbonyl (C=O) groups is 1. The van der Waals surface area contributed by atoms with E-state index in [9.17, 15) is 4.79 Å². The molecular weight excluding hydrogens is 336 g/mol. The molecule has 0 bridgehead atoms. The molecule has 0 unspecified atom stereocenters. The fourth-order valence-electron chi connectivity index (χ4n) is 2.03. The average Bonchev–Trinajstić information content (AvgIpc) is 2.49. The number of fused-ring (bicyclic) bond motifs is 1.